The van der Waals surface area contributed by atoms with Gasteiger partial charge in [0.2, 0.25) is 0 Å². The second-order valence-corrected chi connectivity index (χ2v) is 7.14. The molecule has 0 radical (unpaired) electrons. The van der Waals surface area contributed by atoms with E-state index in [0.717, 1.165) is 11.1 Å². The quantitative estimate of drug-likeness (QED) is 0.577. The Morgan fingerprint density at radius 2 is 1.78 bits per heavy atom. The number of ether oxygens (including phenoxy) is 2. The Balaban J connectivity index is 1.44. The number of aromatic nitrogens is 1. The number of hydrogen-bond donors (Lipinski definition) is 1. The van der Waals surface area contributed by atoms with Crippen molar-refractivity contribution < 1.29 is 23.9 Å². The predicted octanol–water partition coefficient (Wildman–Crippen LogP) is 3.18. The standard InChI is InChI=1S/C24H21N3O5/c1-31-24(30)17-11-12-20(25-13-17)26-21(28)15-32-23-19-10-6-5-9-18(19)22(29)27(23)14-16-7-3-2-4-8-16/h2-13,23H,14-15H2,1H3,(H,25,26,28). The molecule has 0 spiro atoms. The highest BCUT2D eigenvalue weighted by molar-refractivity contribution is 5.99. The number of carbonyl (C=O) groups is 3. The number of esters is 1. The van der Waals surface area contributed by atoms with E-state index in [9.17, 15) is 14.4 Å². The zero-order chi connectivity index (χ0) is 22.5. The van der Waals surface area contributed by atoms with E-state index in [4.69, 9.17) is 4.74 Å². The van der Waals surface area contributed by atoms with E-state index in [-0.39, 0.29) is 23.9 Å². The number of fused-ring (bicyclic) bond motifs is 1. The Labute approximate surface area is 184 Å². The van der Waals surface area contributed by atoms with Crippen molar-refractivity contribution in [2.75, 3.05) is 19.0 Å². The first kappa shape index (κ1) is 21.2. The number of nitrogens with one attached hydrogen (secondary N) is 1. The zero-order valence-electron chi connectivity index (χ0n) is 17.4. The molecular weight excluding hydrogens is 410 g/mol. The SMILES string of the molecule is COC(=O)c1ccc(NC(=O)COC2c3ccccc3C(=O)N2Cc2ccccc2)nc1. The first-order chi connectivity index (χ1) is 15.6. The summed E-state index contributed by atoms with van der Waals surface area (Å²) in [5, 5.41) is 2.62. The summed E-state index contributed by atoms with van der Waals surface area (Å²) >= 11 is 0. The fraction of sp³-hybridized carbons (Fsp3) is 0.167. The molecule has 2 aromatic carbocycles. The minimum atomic E-state index is -0.681. The molecule has 4 rings (SSSR count). The maximum Gasteiger partial charge on any atom is 0.339 e. The van der Waals surface area contributed by atoms with Crippen LogP contribution in [0.2, 0.25) is 0 Å². The van der Waals surface area contributed by atoms with Crippen LogP contribution in [0, 0.1) is 0 Å². The normalized spacial score (nSPS) is 14.7. The van der Waals surface area contributed by atoms with Gasteiger partial charge in [0.05, 0.1) is 12.7 Å². The Hall–Kier alpha value is -4.04. The number of nitrogens with zero attached hydrogens (tertiary/aromatic N) is 2. The Kier molecular flexibility index (Phi) is 6.23. The molecule has 3 aromatic rings. The summed E-state index contributed by atoms with van der Waals surface area (Å²) in [4.78, 5) is 42.5. The van der Waals surface area contributed by atoms with Gasteiger partial charge in [-0.25, -0.2) is 9.78 Å². The van der Waals surface area contributed by atoms with Gasteiger partial charge in [0.15, 0.2) is 6.23 Å². The third-order valence-electron chi connectivity index (χ3n) is 5.02. The van der Waals surface area contributed by atoms with Crippen molar-refractivity contribution in [3.05, 3.63) is 95.2 Å². The van der Waals surface area contributed by atoms with Gasteiger partial charge in [-0.2, -0.15) is 0 Å². The van der Waals surface area contributed by atoms with Crippen molar-refractivity contribution >= 4 is 23.6 Å². The molecule has 0 bridgehead atoms. The van der Waals surface area contributed by atoms with E-state index in [1.54, 1.807) is 17.0 Å². The molecule has 0 aliphatic carbocycles. The average molecular weight is 431 g/mol. The van der Waals surface area contributed by atoms with Crippen molar-refractivity contribution in [2.24, 2.45) is 0 Å². The minimum Gasteiger partial charge on any atom is -0.465 e. The molecule has 1 aliphatic heterocycles. The molecule has 0 saturated carbocycles. The highest BCUT2D eigenvalue weighted by Gasteiger charge is 2.37. The largest absolute Gasteiger partial charge is 0.465 e. The second kappa shape index (κ2) is 9.40. The minimum absolute atomic E-state index is 0.144. The van der Waals surface area contributed by atoms with Crippen LogP contribution in [-0.4, -0.2) is 41.4 Å². The Bertz CT molecular complexity index is 1130. The van der Waals surface area contributed by atoms with Gasteiger partial charge >= 0.3 is 5.97 Å². The molecule has 1 aromatic heterocycles. The predicted molar refractivity (Wildman–Crippen MR) is 116 cm³/mol. The van der Waals surface area contributed by atoms with Crippen LogP contribution in [0.15, 0.2) is 72.9 Å². The van der Waals surface area contributed by atoms with Crippen molar-refractivity contribution in [1.82, 2.24) is 9.88 Å². The summed E-state index contributed by atoms with van der Waals surface area (Å²) in [6, 6.07) is 19.8. The van der Waals surface area contributed by atoms with Crippen molar-refractivity contribution in [3.8, 4) is 0 Å². The number of pyridine rings is 1. The first-order valence-corrected chi connectivity index (χ1v) is 9.96. The lowest BCUT2D eigenvalue weighted by molar-refractivity contribution is -0.126. The van der Waals surface area contributed by atoms with Crippen LogP contribution in [0.1, 0.15) is 38.1 Å². The van der Waals surface area contributed by atoms with Crippen LogP contribution in [-0.2, 0) is 20.8 Å². The summed E-state index contributed by atoms with van der Waals surface area (Å²) < 4.78 is 10.5. The third kappa shape index (κ3) is 4.50. The van der Waals surface area contributed by atoms with E-state index in [1.165, 1.54) is 25.4 Å². The van der Waals surface area contributed by atoms with Crippen molar-refractivity contribution in [2.45, 2.75) is 12.8 Å². The number of methoxy groups -OCH3 is 1. The highest BCUT2D eigenvalue weighted by Crippen LogP contribution is 2.35. The van der Waals surface area contributed by atoms with Crippen molar-refractivity contribution in [1.29, 1.82) is 0 Å². The molecule has 32 heavy (non-hydrogen) atoms. The summed E-state index contributed by atoms with van der Waals surface area (Å²) in [7, 11) is 1.28. The van der Waals surface area contributed by atoms with Crippen LogP contribution in [0.25, 0.3) is 0 Å². The summed E-state index contributed by atoms with van der Waals surface area (Å²) in [6.07, 6.45) is 0.634. The smallest absolute Gasteiger partial charge is 0.339 e. The Morgan fingerprint density at radius 1 is 1.03 bits per heavy atom. The van der Waals surface area contributed by atoms with Crippen LogP contribution < -0.4 is 5.32 Å². The number of benzene rings is 2. The van der Waals surface area contributed by atoms with Gasteiger partial charge in [0.25, 0.3) is 11.8 Å². The van der Waals surface area contributed by atoms with Gasteiger partial charge in [-0.05, 0) is 23.8 Å². The molecule has 8 heteroatoms. The molecule has 1 aliphatic rings. The first-order valence-electron chi connectivity index (χ1n) is 9.96. The van der Waals surface area contributed by atoms with Crippen LogP contribution in [0.3, 0.4) is 0 Å². The van der Waals surface area contributed by atoms with E-state index >= 15 is 0 Å². The fourth-order valence-corrected chi connectivity index (χ4v) is 3.49. The number of amides is 2. The summed E-state index contributed by atoms with van der Waals surface area (Å²) in [5.74, 6) is -0.813. The van der Waals surface area contributed by atoms with E-state index in [0.29, 0.717) is 12.1 Å². The van der Waals surface area contributed by atoms with Crippen LogP contribution in [0.4, 0.5) is 5.82 Å². The van der Waals surface area contributed by atoms with E-state index in [1.807, 2.05) is 42.5 Å². The lowest BCUT2D eigenvalue weighted by Crippen LogP contribution is -2.31. The maximum atomic E-state index is 13.0. The third-order valence-corrected chi connectivity index (χ3v) is 5.02. The molecule has 0 fully saturated rings. The van der Waals surface area contributed by atoms with E-state index < -0.39 is 18.1 Å². The molecule has 2 amide bonds. The molecule has 8 nitrogen and oxygen atoms in total. The molecule has 1 atom stereocenters. The molecule has 1 unspecified atom stereocenters. The lowest BCUT2D eigenvalue weighted by atomic mass is 10.1. The number of carbonyl (C=O) groups excluding carboxylic acids is 3. The lowest BCUT2D eigenvalue weighted by Gasteiger charge is -2.25. The van der Waals surface area contributed by atoms with Crippen LogP contribution in [0.5, 0.6) is 0 Å². The van der Waals surface area contributed by atoms with Gasteiger partial charge < -0.3 is 19.7 Å². The van der Waals surface area contributed by atoms with Crippen LogP contribution >= 0.6 is 0 Å². The summed E-state index contributed by atoms with van der Waals surface area (Å²) in [5.41, 5.74) is 2.52. The average Bonchev–Trinajstić information content (AvgIpc) is 3.09. The molecule has 2 heterocycles. The molecule has 0 saturated heterocycles. The fourth-order valence-electron chi connectivity index (χ4n) is 3.49. The monoisotopic (exact) mass is 431 g/mol. The van der Waals surface area contributed by atoms with E-state index in [2.05, 4.69) is 15.0 Å². The molecular formula is C24H21N3O5. The number of hydrogen-bond acceptors (Lipinski definition) is 6. The topological polar surface area (TPSA) is 97.8 Å². The Morgan fingerprint density at radius 3 is 2.50 bits per heavy atom. The number of rotatable bonds is 7. The zero-order valence-corrected chi connectivity index (χ0v) is 17.4. The van der Waals surface area contributed by atoms with Gasteiger partial charge in [-0.3, -0.25) is 9.59 Å². The number of anilines is 1. The maximum absolute atomic E-state index is 13.0. The van der Waals surface area contributed by atoms with Gasteiger partial charge in [0.1, 0.15) is 12.4 Å². The van der Waals surface area contributed by atoms with Crippen molar-refractivity contribution in [3.63, 3.8) is 0 Å². The second-order valence-electron chi connectivity index (χ2n) is 7.14. The van der Waals surface area contributed by atoms with Gasteiger partial charge in [-0.1, -0.05) is 48.5 Å². The van der Waals surface area contributed by atoms with Gasteiger partial charge in [0, 0.05) is 23.9 Å². The van der Waals surface area contributed by atoms with Gasteiger partial charge in [-0.15, -0.1) is 0 Å². The molecule has 162 valence electrons. The highest BCUT2D eigenvalue weighted by atomic mass is 16.5. The summed E-state index contributed by atoms with van der Waals surface area (Å²) in [6.45, 7) is 0.0786. The molecule has 1 N–H and O–H groups in total.